The van der Waals surface area contributed by atoms with Crippen LogP contribution in [0.25, 0.3) is 10.4 Å². The maximum Gasteiger partial charge on any atom is 0.325 e. The number of aliphatic hydroxyl groups is 1. The lowest BCUT2D eigenvalue weighted by atomic mass is 9.96. The summed E-state index contributed by atoms with van der Waals surface area (Å²) in [6.07, 6.45) is -3.43. The Bertz CT molecular complexity index is 686. The van der Waals surface area contributed by atoms with Gasteiger partial charge in [-0.3, -0.25) is 9.69 Å². The summed E-state index contributed by atoms with van der Waals surface area (Å²) in [5.41, 5.74) is 18.0. The van der Waals surface area contributed by atoms with Gasteiger partial charge in [-0.05, 0) is 17.5 Å². The molecule has 28 heavy (non-hydrogen) atoms. The SMILES string of the molecule is CC(C)C(N)C(=O)O[C@H]1[C@@H](F)[C@H](N2C=CC(N)NC2=O)O[C@@]1(CO)CN=[N+]=[N-]. The van der Waals surface area contributed by atoms with Crippen LogP contribution in [-0.4, -0.2) is 71.5 Å². The molecule has 0 spiro atoms. The van der Waals surface area contributed by atoms with E-state index in [1.165, 1.54) is 12.3 Å². The third-order valence-electron chi connectivity index (χ3n) is 4.59. The first kappa shape index (κ1) is 21.9. The molecule has 12 nitrogen and oxygen atoms in total. The molecule has 0 aromatic rings. The van der Waals surface area contributed by atoms with Crippen LogP contribution in [0.4, 0.5) is 9.18 Å². The van der Waals surface area contributed by atoms with Gasteiger partial charge < -0.3 is 31.4 Å². The number of halogens is 1. The maximum absolute atomic E-state index is 15.3. The largest absolute Gasteiger partial charge is 0.455 e. The van der Waals surface area contributed by atoms with Crippen LogP contribution in [-0.2, 0) is 14.3 Å². The minimum absolute atomic E-state index is 0.290. The average molecular weight is 401 g/mol. The van der Waals surface area contributed by atoms with Crippen LogP contribution in [0.5, 0.6) is 0 Å². The number of amides is 2. The van der Waals surface area contributed by atoms with Crippen molar-refractivity contribution in [3.63, 3.8) is 0 Å². The van der Waals surface area contributed by atoms with Gasteiger partial charge in [0.1, 0.15) is 11.6 Å². The second kappa shape index (κ2) is 8.71. The molecule has 0 saturated carbocycles. The third-order valence-corrected chi connectivity index (χ3v) is 4.59. The third kappa shape index (κ3) is 4.18. The van der Waals surface area contributed by atoms with Crippen LogP contribution in [0, 0.1) is 5.92 Å². The fourth-order valence-electron chi connectivity index (χ4n) is 2.85. The second-order valence-electron chi connectivity index (χ2n) is 6.92. The van der Waals surface area contributed by atoms with E-state index in [0.717, 1.165) is 4.90 Å². The van der Waals surface area contributed by atoms with Gasteiger partial charge in [0.15, 0.2) is 18.5 Å². The molecule has 0 radical (unpaired) electrons. The van der Waals surface area contributed by atoms with Crippen LogP contribution >= 0.6 is 0 Å². The van der Waals surface area contributed by atoms with Gasteiger partial charge in [-0.25, -0.2) is 9.18 Å². The highest BCUT2D eigenvalue weighted by molar-refractivity contribution is 5.77. The van der Waals surface area contributed by atoms with Crippen molar-refractivity contribution < 1.29 is 28.6 Å². The molecule has 6 atom stereocenters. The van der Waals surface area contributed by atoms with Gasteiger partial charge in [-0.1, -0.05) is 19.0 Å². The van der Waals surface area contributed by atoms with E-state index in [0.29, 0.717) is 0 Å². The zero-order valence-corrected chi connectivity index (χ0v) is 15.4. The molecule has 2 aliphatic rings. The van der Waals surface area contributed by atoms with Crippen molar-refractivity contribution in [1.29, 1.82) is 0 Å². The highest BCUT2D eigenvalue weighted by Gasteiger charge is 2.60. The van der Waals surface area contributed by atoms with E-state index >= 15 is 4.39 Å². The van der Waals surface area contributed by atoms with Crippen LogP contribution in [0.15, 0.2) is 17.4 Å². The number of nitrogens with zero attached hydrogens (tertiary/aromatic N) is 4. The number of carbonyl (C=O) groups is 2. The van der Waals surface area contributed by atoms with E-state index in [2.05, 4.69) is 15.3 Å². The first-order valence-corrected chi connectivity index (χ1v) is 8.59. The molecule has 6 N–H and O–H groups in total. The fourth-order valence-corrected chi connectivity index (χ4v) is 2.85. The summed E-state index contributed by atoms with van der Waals surface area (Å²) in [4.78, 5) is 27.9. The minimum Gasteiger partial charge on any atom is -0.455 e. The Morgan fingerprint density at radius 3 is 2.86 bits per heavy atom. The van der Waals surface area contributed by atoms with Gasteiger partial charge in [0.2, 0.25) is 0 Å². The van der Waals surface area contributed by atoms with Crippen molar-refractivity contribution in [2.45, 2.75) is 50.2 Å². The Hall–Kier alpha value is -2.44. The zero-order chi connectivity index (χ0) is 21.1. The molecule has 1 saturated heterocycles. The van der Waals surface area contributed by atoms with Gasteiger partial charge in [0, 0.05) is 11.1 Å². The first-order valence-electron chi connectivity index (χ1n) is 8.59. The van der Waals surface area contributed by atoms with Crippen LogP contribution in [0.2, 0.25) is 0 Å². The number of ether oxygens (including phenoxy) is 2. The highest BCUT2D eigenvalue weighted by atomic mass is 19.1. The highest BCUT2D eigenvalue weighted by Crippen LogP contribution is 2.38. The number of hydrogen-bond donors (Lipinski definition) is 4. The first-order chi connectivity index (χ1) is 13.2. The molecule has 156 valence electrons. The standard InChI is InChI=1S/C15H24FN7O5/c1-7(2)10(18)13(25)27-11-9(16)12(23-4-3-8(17)21-14(23)26)28-15(11,6-24)5-20-22-19/h3-4,7-12,24H,5-6,17-18H2,1-2H3,(H,21,26)/t8?,9-,10?,11+,12-,15-/m1/s1. The summed E-state index contributed by atoms with van der Waals surface area (Å²) in [6.45, 7) is 1.98. The maximum atomic E-state index is 15.3. The number of hydrogen-bond acceptors (Lipinski definition) is 8. The average Bonchev–Trinajstić information content (AvgIpc) is 2.92. The normalized spacial score (nSPS) is 33.4. The number of urea groups is 1. The van der Waals surface area contributed by atoms with Gasteiger partial charge >= 0.3 is 12.0 Å². The molecular formula is C15H24FN7O5. The molecule has 13 heteroatoms. The van der Waals surface area contributed by atoms with Crippen molar-refractivity contribution in [3.05, 3.63) is 22.7 Å². The summed E-state index contributed by atoms with van der Waals surface area (Å²) < 4.78 is 26.1. The molecular weight excluding hydrogens is 377 g/mol. The van der Waals surface area contributed by atoms with E-state index < -0.39 is 61.5 Å². The Balaban J connectivity index is 2.35. The molecule has 0 aliphatic carbocycles. The van der Waals surface area contributed by atoms with Crippen LogP contribution in [0.1, 0.15) is 13.8 Å². The predicted octanol–water partition coefficient (Wildman–Crippen LogP) is -0.559. The van der Waals surface area contributed by atoms with Crippen molar-refractivity contribution in [3.8, 4) is 0 Å². The summed E-state index contributed by atoms with van der Waals surface area (Å²) in [5.74, 6) is -1.20. The van der Waals surface area contributed by atoms with Crippen molar-refractivity contribution >= 4 is 12.0 Å². The number of alkyl halides is 1. The predicted molar refractivity (Wildman–Crippen MR) is 93.8 cm³/mol. The molecule has 2 amide bonds. The number of nitrogens with one attached hydrogen (secondary N) is 1. The zero-order valence-electron chi connectivity index (χ0n) is 15.4. The Kier molecular flexibility index (Phi) is 6.80. The van der Waals surface area contributed by atoms with Gasteiger partial charge in [0.05, 0.1) is 19.3 Å². The fraction of sp³-hybridized carbons (Fsp3) is 0.733. The van der Waals surface area contributed by atoms with E-state index in [1.54, 1.807) is 13.8 Å². The summed E-state index contributed by atoms with van der Waals surface area (Å²) >= 11 is 0. The van der Waals surface area contributed by atoms with Crippen LogP contribution in [0.3, 0.4) is 0 Å². The monoisotopic (exact) mass is 401 g/mol. The Labute approximate surface area is 160 Å². The number of azide groups is 1. The molecule has 2 heterocycles. The van der Waals surface area contributed by atoms with E-state index in [9.17, 15) is 14.7 Å². The van der Waals surface area contributed by atoms with Crippen molar-refractivity contribution in [2.24, 2.45) is 22.5 Å². The number of nitrogens with two attached hydrogens (primary N) is 2. The quantitative estimate of drug-likeness (QED) is 0.190. The molecule has 2 rings (SSSR count). The summed E-state index contributed by atoms with van der Waals surface area (Å²) in [7, 11) is 0. The van der Waals surface area contributed by atoms with E-state index in [1.807, 2.05) is 0 Å². The van der Waals surface area contributed by atoms with Crippen LogP contribution < -0.4 is 16.8 Å². The van der Waals surface area contributed by atoms with E-state index in [-0.39, 0.29) is 5.92 Å². The lowest BCUT2D eigenvalue weighted by Crippen LogP contribution is -2.54. The molecule has 2 unspecified atom stereocenters. The van der Waals surface area contributed by atoms with Crippen molar-refractivity contribution in [2.75, 3.05) is 13.2 Å². The lowest BCUT2D eigenvalue weighted by Gasteiger charge is -2.32. The molecule has 0 aromatic carbocycles. The Morgan fingerprint density at radius 2 is 2.32 bits per heavy atom. The van der Waals surface area contributed by atoms with Gasteiger partial charge in [-0.15, -0.1) is 0 Å². The van der Waals surface area contributed by atoms with Crippen molar-refractivity contribution in [1.82, 2.24) is 10.2 Å². The number of aliphatic hydroxyl groups excluding tert-OH is 1. The second-order valence-corrected chi connectivity index (χ2v) is 6.92. The topological polar surface area (TPSA) is 189 Å². The van der Waals surface area contributed by atoms with E-state index in [4.69, 9.17) is 26.5 Å². The van der Waals surface area contributed by atoms with Gasteiger partial charge in [-0.2, -0.15) is 0 Å². The number of rotatable bonds is 7. The lowest BCUT2D eigenvalue weighted by molar-refractivity contribution is -0.169. The minimum atomic E-state index is -2.06. The number of esters is 1. The summed E-state index contributed by atoms with van der Waals surface area (Å²) in [6, 6.07) is -1.79. The smallest absolute Gasteiger partial charge is 0.325 e. The molecule has 1 fully saturated rings. The molecule has 0 bridgehead atoms. The number of carbonyl (C=O) groups excluding carboxylic acids is 2. The Morgan fingerprint density at radius 1 is 1.64 bits per heavy atom. The molecule has 2 aliphatic heterocycles. The van der Waals surface area contributed by atoms with Gasteiger partial charge in [0.25, 0.3) is 0 Å². The summed E-state index contributed by atoms with van der Waals surface area (Å²) in [5, 5.41) is 15.6. The molecule has 0 aromatic heterocycles.